The van der Waals surface area contributed by atoms with Gasteiger partial charge in [-0.05, 0) is 39.8 Å². The molecule has 3 aromatic rings. The highest BCUT2D eigenvalue weighted by Crippen LogP contribution is 2.44. The Labute approximate surface area is 203 Å². The van der Waals surface area contributed by atoms with E-state index in [0.29, 0.717) is 19.5 Å². The number of fused-ring (bicyclic) bond motifs is 4. The van der Waals surface area contributed by atoms with Gasteiger partial charge in [-0.25, -0.2) is 4.79 Å². The smallest absolute Gasteiger partial charge is 0.407 e. The minimum Gasteiger partial charge on any atom is -0.481 e. The number of aliphatic carboxylic acids is 1. The first-order valence-corrected chi connectivity index (χ1v) is 11.7. The van der Waals surface area contributed by atoms with Crippen LogP contribution in [-0.2, 0) is 27.3 Å². The quantitative estimate of drug-likeness (QED) is 0.569. The molecule has 0 fully saturated rings. The van der Waals surface area contributed by atoms with E-state index in [0.717, 1.165) is 27.8 Å². The van der Waals surface area contributed by atoms with Gasteiger partial charge in [0.2, 0.25) is 5.91 Å². The molecule has 2 aliphatic rings. The van der Waals surface area contributed by atoms with Gasteiger partial charge in [-0.3, -0.25) is 9.59 Å². The molecule has 1 heterocycles. The first-order chi connectivity index (χ1) is 17.0. The first-order valence-electron chi connectivity index (χ1n) is 11.7. The van der Waals surface area contributed by atoms with Crippen LogP contribution < -0.4 is 5.32 Å². The Kier molecular flexibility index (Phi) is 6.23. The molecule has 7 heteroatoms. The van der Waals surface area contributed by atoms with Gasteiger partial charge in [0.15, 0.2) is 0 Å². The van der Waals surface area contributed by atoms with Gasteiger partial charge in [0.25, 0.3) is 0 Å². The predicted octanol–water partition coefficient (Wildman–Crippen LogP) is 3.95. The van der Waals surface area contributed by atoms with Crippen molar-refractivity contribution in [2.45, 2.75) is 31.3 Å². The lowest BCUT2D eigenvalue weighted by Crippen LogP contribution is -2.50. The largest absolute Gasteiger partial charge is 0.481 e. The second-order valence-corrected chi connectivity index (χ2v) is 8.90. The van der Waals surface area contributed by atoms with Crippen molar-refractivity contribution in [2.75, 3.05) is 13.2 Å². The van der Waals surface area contributed by atoms with Crippen molar-refractivity contribution >= 4 is 18.0 Å². The third kappa shape index (κ3) is 4.62. The molecule has 35 heavy (non-hydrogen) atoms. The molecule has 0 radical (unpaired) electrons. The molecular formula is C28H26N2O5. The van der Waals surface area contributed by atoms with Gasteiger partial charge in [-0.15, -0.1) is 0 Å². The number of rotatable bonds is 6. The Hall–Kier alpha value is -4.13. The molecule has 178 valence electrons. The maximum Gasteiger partial charge on any atom is 0.407 e. The van der Waals surface area contributed by atoms with E-state index in [2.05, 4.69) is 5.32 Å². The van der Waals surface area contributed by atoms with E-state index in [4.69, 9.17) is 4.74 Å². The predicted molar refractivity (Wildman–Crippen MR) is 130 cm³/mol. The van der Waals surface area contributed by atoms with Gasteiger partial charge < -0.3 is 20.1 Å². The lowest BCUT2D eigenvalue weighted by atomic mass is 9.98. The van der Waals surface area contributed by atoms with E-state index in [1.165, 1.54) is 5.56 Å². The summed E-state index contributed by atoms with van der Waals surface area (Å²) in [4.78, 5) is 38.9. The van der Waals surface area contributed by atoms with Crippen LogP contribution in [0.5, 0.6) is 0 Å². The second-order valence-electron chi connectivity index (χ2n) is 8.90. The Balaban J connectivity index is 1.26. The number of nitrogens with zero attached hydrogens (tertiary/aromatic N) is 1. The third-order valence-electron chi connectivity index (χ3n) is 6.75. The molecule has 2 amide bonds. The third-order valence-corrected chi connectivity index (χ3v) is 6.75. The van der Waals surface area contributed by atoms with Gasteiger partial charge in [0.05, 0.1) is 6.42 Å². The normalized spacial score (nSPS) is 14.9. The van der Waals surface area contributed by atoms with Crippen LogP contribution in [0, 0.1) is 0 Å². The topological polar surface area (TPSA) is 95.9 Å². The maximum absolute atomic E-state index is 13.2. The van der Waals surface area contributed by atoms with Crippen LogP contribution in [0.3, 0.4) is 0 Å². The number of nitrogens with one attached hydrogen (secondary N) is 1. The number of amides is 2. The molecule has 1 unspecified atom stereocenters. The highest BCUT2D eigenvalue weighted by atomic mass is 16.5. The summed E-state index contributed by atoms with van der Waals surface area (Å²) in [6.45, 7) is 0.945. The fourth-order valence-electron chi connectivity index (χ4n) is 5.06. The van der Waals surface area contributed by atoms with Crippen molar-refractivity contribution in [2.24, 2.45) is 0 Å². The molecule has 0 saturated heterocycles. The van der Waals surface area contributed by atoms with Crippen molar-refractivity contribution < 1.29 is 24.2 Å². The molecule has 1 atom stereocenters. The zero-order valence-corrected chi connectivity index (χ0v) is 19.1. The lowest BCUT2D eigenvalue weighted by molar-refractivity contribution is -0.143. The zero-order chi connectivity index (χ0) is 24.4. The van der Waals surface area contributed by atoms with Crippen LogP contribution in [0.2, 0.25) is 0 Å². The number of hydrogen-bond donors (Lipinski definition) is 2. The monoisotopic (exact) mass is 470 g/mol. The van der Waals surface area contributed by atoms with Crippen LogP contribution in [0.1, 0.15) is 34.6 Å². The van der Waals surface area contributed by atoms with E-state index in [1.54, 1.807) is 4.90 Å². The molecule has 0 spiro atoms. The number of carboxylic acid groups (broad SMARTS) is 1. The maximum atomic E-state index is 13.2. The zero-order valence-electron chi connectivity index (χ0n) is 19.1. The van der Waals surface area contributed by atoms with E-state index < -0.39 is 30.4 Å². The average molecular weight is 471 g/mol. The number of ether oxygens (including phenoxy) is 1. The molecular weight excluding hydrogens is 444 g/mol. The summed E-state index contributed by atoms with van der Waals surface area (Å²) in [7, 11) is 0. The summed E-state index contributed by atoms with van der Waals surface area (Å²) >= 11 is 0. The molecule has 5 rings (SSSR count). The summed E-state index contributed by atoms with van der Waals surface area (Å²) in [6, 6.07) is 22.7. The molecule has 1 aliphatic carbocycles. The summed E-state index contributed by atoms with van der Waals surface area (Å²) in [5.41, 5.74) is 6.58. The fourth-order valence-corrected chi connectivity index (χ4v) is 5.06. The number of carbonyl (C=O) groups excluding carboxylic acids is 2. The summed E-state index contributed by atoms with van der Waals surface area (Å²) in [5, 5.41) is 11.9. The molecule has 0 saturated carbocycles. The standard InChI is InChI=1S/C28H26N2O5/c31-26(32)15-25(27(33)30-14-13-18-7-1-2-8-19(18)16-30)29-28(34)35-17-24-22-11-5-3-9-20(22)21-10-4-6-12-23(21)24/h1-12,24-25H,13-17H2,(H,29,34)(H,31,32). The number of hydrogen-bond acceptors (Lipinski definition) is 4. The molecule has 0 aromatic heterocycles. The van der Waals surface area contributed by atoms with E-state index in [9.17, 15) is 19.5 Å². The van der Waals surface area contributed by atoms with Crippen molar-refractivity contribution in [1.29, 1.82) is 0 Å². The molecule has 3 aromatic carbocycles. The SMILES string of the molecule is O=C(O)CC(NC(=O)OCC1c2ccccc2-c2ccccc21)C(=O)N1CCc2ccccc2C1. The minimum atomic E-state index is -1.20. The lowest BCUT2D eigenvalue weighted by Gasteiger charge is -2.31. The van der Waals surface area contributed by atoms with E-state index >= 15 is 0 Å². The Morgan fingerprint density at radius 3 is 2.17 bits per heavy atom. The average Bonchev–Trinajstić information content (AvgIpc) is 3.20. The van der Waals surface area contributed by atoms with Crippen LogP contribution in [-0.4, -0.2) is 47.2 Å². The number of carbonyl (C=O) groups is 3. The Morgan fingerprint density at radius 1 is 0.914 bits per heavy atom. The number of alkyl carbamates (subject to hydrolysis) is 1. The van der Waals surface area contributed by atoms with Crippen molar-refractivity contribution in [3.8, 4) is 11.1 Å². The van der Waals surface area contributed by atoms with Gasteiger partial charge in [-0.1, -0.05) is 72.8 Å². The van der Waals surface area contributed by atoms with Crippen LogP contribution in [0.15, 0.2) is 72.8 Å². The highest BCUT2D eigenvalue weighted by molar-refractivity contribution is 5.89. The van der Waals surface area contributed by atoms with Crippen LogP contribution in [0.4, 0.5) is 4.79 Å². The van der Waals surface area contributed by atoms with Crippen LogP contribution >= 0.6 is 0 Å². The van der Waals surface area contributed by atoms with Crippen molar-refractivity contribution in [1.82, 2.24) is 10.2 Å². The summed E-state index contributed by atoms with van der Waals surface area (Å²) in [5.74, 6) is -1.71. The number of carboxylic acids is 1. The van der Waals surface area contributed by atoms with E-state index in [-0.39, 0.29) is 12.5 Å². The molecule has 1 aliphatic heterocycles. The van der Waals surface area contributed by atoms with Gasteiger partial charge in [0.1, 0.15) is 12.6 Å². The van der Waals surface area contributed by atoms with Crippen LogP contribution in [0.25, 0.3) is 11.1 Å². The summed E-state index contributed by atoms with van der Waals surface area (Å²) in [6.07, 6.45) is -0.628. The number of benzene rings is 3. The van der Waals surface area contributed by atoms with Crippen molar-refractivity contribution in [3.05, 3.63) is 95.1 Å². The summed E-state index contributed by atoms with van der Waals surface area (Å²) < 4.78 is 5.53. The Morgan fingerprint density at radius 2 is 1.51 bits per heavy atom. The minimum absolute atomic E-state index is 0.0882. The molecule has 7 nitrogen and oxygen atoms in total. The fraction of sp³-hybridized carbons (Fsp3) is 0.250. The first kappa shape index (κ1) is 22.7. The van der Waals surface area contributed by atoms with Crippen molar-refractivity contribution in [3.63, 3.8) is 0 Å². The van der Waals surface area contributed by atoms with Gasteiger partial charge >= 0.3 is 12.1 Å². The Bertz CT molecular complexity index is 1240. The van der Waals surface area contributed by atoms with Gasteiger partial charge in [-0.2, -0.15) is 0 Å². The molecule has 2 N–H and O–H groups in total. The highest BCUT2D eigenvalue weighted by Gasteiger charge is 2.32. The molecule has 0 bridgehead atoms. The van der Waals surface area contributed by atoms with Gasteiger partial charge in [0, 0.05) is 19.0 Å². The van der Waals surface area contributed by atoms with E-state index in [1.807, 2.05) is 72.8 Å². The second kappa shape index (κ2) is 9.62.